The third-order valence-corrected chi connectivity index (χ3v) is 1.03. The highest BCUT2D eigenvalue weighted by atomic mass is 15.3. The van der Waals surface area contributed by atoms with E-state index in [1.165, 1.54) is 4.68 Å². The van der Waals surface area contributed by atoms with Gasteiger partial charge < -0.3 is 0 Å². The van der Waals surface area contributed by atoms with E-state index >= 15 is 0 Å². The average molecular weight is 136 g/mol. The predicted molar refractivity (Wildman–Crippen MR) is 37.9 cm³/mol. The third kappa shape index (κ3) is 1.10. The first-order valence-electron chi connectivity index (χ1n) is 2.83. The fraction of sp³-hybridized carbons (Fsp3) is 0.167. The fourth-order valence-corrected chi connectivity index (χ4v) is 0.601. The molecule has 0 aromatic carbocycles. The molecule has 4 nitrogen and oxygen atoms in total. The minimum absolute atomic E-state index is 0.553. The van der Waals surface area contributed by atoms with Crippen molar-refractivity contribution in [3.8, 4) is 0 Å². The smallest absolute Gasteiger partial charge is 0.245 e. The predicted octanol–water partition coefficient (Wildman–Crippen LogP) is -0.0909. The van der Waals surface area contributed by atoms with Crippen molar-refractivity contribution in [1.29, 1.82) is 0 Å². The van der Waals surface area contributed by atoms with Crippen molar-refractivity contribution < 1.29 is 0 Å². The maximum Gasteiger partial charge on any atom is 0.245 e. The highest BCUT2D eigenvalue weighted by Crippen LogP contribution is 1.69. The van der Waals surface area contributed by atoms with Crippen LogP contribution in [0.4, 0.5) is 0 Å². The van der Waals surface area contributed by atoms with Crippen LogP contribution in [0.1, 0.15) is 0 Å². The topological polar surface area (TPSA) is 43.1 Å². The number of nitrogens with zero attached hydrogens (tertiary/aromatic N) is 4. The van der Waals surface area contributed by atoms with Gasteiger partial charge in [-0.1, -0.05) is 6.58 Å². The largest absolute Gasteiger partial charge is 0.253 e. The van der Waals surface area contributed by atoms with E-state index in [1.807, 2.05) is 0 Å². The van der Waals surface area contributed by atoms with Crippen LogP contribution in [0.5, 0.6) is 0 Å². The van der Waals surface area contributed by atoms with Crippen molar-refractivity contribution in [2.24, 2.45) is 4.99 Å². The molecule has 0 radical (unpaired) electrons. The minimum atomic E-state index is 0.553. The van der Waals surface area contributed by atoms with Crippen LogP contribution < -0.4 is 5.62 Å². The van der Waals surface area contributed by atoms with Crippen LogP contribution in [0.25, 0.3) is 6.20 Å². The summed E-state index contributed by atoms with van der Waals surface area (Å²) >= 11 is 0. The highest BCUT2D eigenvalue weighted by molar-refractivity contribution is 5.10. The quantitative estimate of drug-likeness (QED) is 0.541. The zero-order valence-electron chi connectivity index (χ0n) is 5.73. The summed E-state index contributed by atoms with van der Waals surface area (Å²) < 4.78 is 1.50. The van der Waals surface area contributed by atoms with Crippen molar-refractivity contribution in [2.75, 3.05) is 7.05 Å². The molecule has 0 bridgehead atoms. The molecule has 10 heavy (non-hydrogen) atoms. The van der Waals surface area contributed by atoms with E-state index in [9.17, 15) is 0 Å². The van der Waals surface area contributed by atoms with Crippen molar-refractivity contribution in [3.05, 3.63) is 24.6 Å². The lowest BCUT2D eigenvalue weighted by molar-refractivity contribution is 0.769. The Hall–Kier alpha value is -1.45. The Morgan fingerprint density at radius 3 is 3.00 bits per heavy atom. The standard InChI is InChI=1S/C6H8N4/c1-3-10-6(7-2)8-4-5-9-10/h3-5H,1H2,2H3. The highest BCUT2D eigenvalue weighted by Gasteiger charge is 1.83. The van der Waals surface area contributed by atoms with Gasteiger partial charge in [-0.05, 0) is 0 Å². The molecule has 1 aromatic rings. The van der Waals surface area contributed by atoms with Crippen LogP contribution in [-0.2, 0) is 0 Å². The molecule has 1 aromatic heterocycles. The van der Waals surface area contributed by atoms with E-state index in [0.717, 1.165) is 0 Å². The fourth-order valence-electron chi connectivity index (χ4n) is 0.601. The molecule has 0 saturated heterocycles. The first-order chi connectivity index (χ1) is 4.88. The Labute approximate surface area is 58.6 Å². The maximum atomic E-state index is 3.93. The molecule has 0 saturated carbocycles. The van der Waals surface area contributed by atoms with Crippen molar-refractivity contribution in [2.45, 2.75) is 0 Å². The number of aromatic nitrogens is 3. The van der Waals surface area contributed by atoms with Gasteiger partial charge in [-0.3, -0.25) is 4.99 Å². The second-order valence-corrected chi connectivity index (χ2v) is 1.59. The molecule has 0 amide bonds. The van der Waals surface area contributed by atoms with Crippen LogP contribution >= 0.6 is 0 Å². The summed E-state index contributed by atoms with van der Waals surface area (Å²) in [5.41, 5.74) is 0.553. The summed E-state index contributed by atoms with van der Waals surface area (Å²) in [6, 6.07) is 0. The van der Waals surface area contributed by atoms with Gasteiger partial charge in [0.15, 0.2) is 0 Å². The van der Waals surface area contributed by atoms with E-state index in [0.29, 0.717) is 5.62 Å². The lowest BCUT2D eigenvalue weighted by Crippen LogP contribution is -2.21. The molecule has 1 rings (SSSR count). The minimum Gasteiger partial charge on any atom is -0.253 e. The van der Waals surface area contributed by atoms with Gasteiger partial charge in [0.05, 0.1) is 12.4 Å². The number of rotatable bonds is 1. The zero-order valence-corrected chi connectivity index (χ0v) is 5.73. The third-order valence-electron chi connectivity index (χ3n) is 1.03. The molecular formula is C6H8N4. The van der Waals surface area contributed by atoms with Crippen LogP contribution in [0.2, 0.25) is 0 Å². The van der Waals surface area contributed by atoms with Crippen LogP contribution in [0.3, 0.4) is 0 Å². The van der Waals surface area contributed by atoms with Crippen molar-refractivity contribution in [1.82, 2.24) is 14.8 Å². The summed E-state index contributed by atoms with van der Waals surface area (Å²) in [5, 5.41) is 3.91. The van der Waals surface area contributed by atoms with Crippen LogP contribution in [-0.4, -0.2) is 21.8 Å². The normalized spacial score (nSPS) is 11.5. The summed E-state index contributed by atoms with van der Waals surface area (Å²) in [6.07, 6.45) is 4.72. The zero-order chi connectivity index (χ0) is 7.40. The van der Waals surface area contributed by atoms with Gasteiger partial charge in [0.25, 0.3) is 0 Å². The Balaban J connectivity index is 3.36. The Morgan fingerprint density at radius 2 is 2.50 bits per heavy atom. The summed E-state index contributed by atoms with van der Waals surface area (Å²) in [7, 11) is 1.66. The first kappa shape index (κ1) is 6.67. The molecular weight excluding hydrogens is 128 g/mol. The molecule has 4 heteroatoms. The molecule has 0 spiro atoms. The Kier molecular flexibility index (Phi) is 1.94. The maximum absolute atomic E-state index is 3.93. The van der Waals surface area contributed by atoms with Crippen LogP contribution in [0, 0.1) is 0 Å². The molecule has 0 unspecified atom stereocenters. The second-order valence-electron chi connectivity index (χ2n) is 1.59. The molecule has 0 aliphatic rings. The Bertz CT molecular complexity index is 286. The molecule has 0 fully saturated rings. The number of hydrogen-bond donors (Lipinski definition) is 0. The van der Waals surface area contributed by atoms with E-state index in [1.54, 1.807) is 25.6 Å². The molecule has 0 atom stereocenters. The number of hydrogen-bond acceptors (Lipinski definition) is 3. The summed E-state index contributed by atoms with van der Waals surface area (Å²) in [6.45, 7) is 3.54. The van der Waals surface area contributed by atoms with Gasteiger partial charge in [0, 0.05) is 13.2 Å². The lowest BCUT2D eigenvalue weighted by Gasteiger charge is -1.93. The van der Waals surface area contributed by atoms with E-state index in [4.69, 9.17) is 0 Å². The lowest BCUT2D eigenvalue weighted by atomic mass is 10.8. The van der Waals surface area contributed by atoms with E-state index < -0.39 is 0 Å². The van der Waals surface area contributed by atoms with Crippen LogP contribution in [0.15, 0.2) is 24.0 Å². The first-order valence-corrected chi connectivity index (χ1v) is 2.83. The average Bonchev–Trinajstić information content (AvgIpc) is 2.04. The molecule has 0 N–H and O–H groups in total. The van der Waals surface area contributed by atoms with Gasteiger partial charge in [0.2, 0.25) is 5.62 Å². The molecule has 0 aliphatic carbocycles. The van der Waals surface area contributed by atoms with E-state index in [-0.39, 0.29) is 0 Å². The Morgan fingerprint density at radius 1 is 1.70 bits per heavy atom. The van der Waals surface area contributed by atoms with Crippen molar-refractivity contribution in [3.63, 3.8) is 0 Å². The van der Waals surface area contributed by atoms with Gasteiger partial charge in [-0.2, -0.15) is 5.10 Å². The van der Waals surface area contributed by atoms with Gasteiger partial charge in [0.1, 0.15) is 0 Å². The molecule has 1 heterocycles. The monoisotopic (exact) mass is 136 g/mol. The SMILES string of the molecule is C=Cn1nccnc1=NC. The van der Waals surface area contributed by atoms with Gasteiger partial charge in [-0.15, -0.1) is 0 Å². The second kappa shape index (κ2) is 2.91. The molecule has 0 aliphatic heterocycles. The van der Waals surface area contributed by atoms with Gasteiger partial charge >= 0.3 is 0 Å². The van der Waals surface area contributed by atoms with E-state index in [2.05, 4.69) is 21.7 Å². The summed E-state index contributed by atoms with van der Waals surface area (Å²) in [4.78, 5) is 7.79. The summed E-state index contributed by atoms with van der Waals surface area (Å²) in [5.74, 6) is 0. The molecule has 52 valence electrons. The van der Waals surface area contributed by atoms with Crippen molar-refractivity contribution >= 4 is 6.20 Å². The van der Waals surface area contributed by atoms with Gasteiger partial charge in [-0.25, -0.2) is 9.67 Å².